The first-order chi connectivity index (χ1) is 10.7. The molecule has 3 aliphatic heterocycles. The monoisotopic (exact) mass is 355 g/mol. The van der Waals surface area contributed by atoms with E-state index in [0.29, 0.717) is 15.2 Å². The molecule has 0 aromatic carbocycles. The Kier molecular flexibility index (Phi) is 4.16. The molecule has 1 saturated heterocycles. The van der Waals surface area contributed by atoms with Gasteiger partial charge >= 0.3 is 0 Å². The maximum Gasteiger partial charge on any atom is 0.249 e. The van der Waals surface area contributed by atoms with E-state index in [1.54, 1.807) is 40.1 Å². The summed E-state index contributed by atoms with van der Waals surface area (Å²) in [5.74, 6) is -1.54. The van der Waals surface area contributed by atoms with Crippen LogP contribution in [-0.2, 0) is 23.8 Å². The van der Waals surface area contributed by atoms with Crippen molar-refractivity contribution in [2.45, 2.75) is 39.3 Å². The van der Waals surface area contributed by atoms with Gasteiger partial charge in [-0.05, 0) is 15.7 Å². The van der Waals surface area contributed by atoms with E-state index in [2.05, 4.69) is 0 Å². The van der Waals surface area contributed by atoms with Gasteiger partial charge < -0.3 is 25.2 Å². The molecule has 5 N–H and O–H groups in total. The lowest BCUT2D eigenvalue weighted by molar-refractivity contribution is -0.127. The Morgan fingerprint density at radius 2 is 1.54 bits per heavy atom. The second kappa shape index (κ2) is 5.58. The van der Waals surface area contributed by atoms with Crippen LogP contribution in [0.4, 0.5) is 0 Å². The number of hydroxylamine groups is 2. The van der Waals surface area contributed by atoms with E-state index in [-0.39, 0.29) is 23.4 Å². The lowest BCUT2D eigenvalue weighted by Gasteiger charge is -2.19. The normalized spacial score (nSPS) is 25.1. The van der Waals surface area contributed by atoms with E-state index in [0.717, 1.165) is 0 Å². The summed E-state index contributed by atoms with van der Waals surface area (Å²) in [4.78, 5) is 5.30. The molecule has 1 unspecified atom stereocenters. The van der Waals surface area contributed by atoms with Crippen molar-refractivity contribution in [2.24, 2.45) is 5.14 Å². The van der Waals surface area contributed by atoms with Gasteiger partial charge in [-0.1, -0.05) is 0 Å². The zero-order valence-electron chi connectivity index (χ0n) is 13.6. The molecule has 0 bridgehead atoms. The van der Waals surface area contributed by atoms with Crippen molar-refractivity contribution in [3.05, 3.63) is 22.4 Å². The van der Waals surface area contributed by atoms with Gasteiger partial charge in [0.05, 0.1) is 0 Å². The van der Waals surface area contributed by atoms with Crippen molar-refractivity contribution in [1.82, 2.24) is 11.2 Å². The molecule has 0 amide bonds. The van der Waals surface area contributed by atoms with Gasteiger partial charge in [-0.2, -0.15) is 10.5 Å². The third-order valence-corrected chi connectivity index (χ3v) is 4.26. The predicted molar refractivity (Wildman–Crippen MR) is 82.5 cm³/mol. The van der Waals surface area contributed by atoms with Gasteiger partial charge in [0.25, 0.3) is 0 Å². The average molecular weight is 355 g/mol. The molecule has 0 aromatic rings. The van der Waals surface area contributed by atoms with Crippen molar-refractivity contribution in [2.75, 3.05) is 0 Å². The van der Waals surface area contributed by atoms with Gasteiger partial charge in [0, 0.05) is 27.7 Å². The Bertz CT molecular complexity index is 754. The fraction of sp³-hybridized carbons (Fsp3) is 0.462. The van der Waals surface area contributed by atoms with Crippen LogP contribution in [0, 0.1) is 22.9 Å². The average Bonchev–Trinajstić information content (AvgIpc) is 2.95. The molecule has 10 nitrogen and oxygen atoms in total. The Morgan fingerprint density at radius 3 is 2.12 bits per heavy atom. The molecular formula is C13H17N5O5S. The van der Waals surface area contributed by atoms with Crippen molar-refractivity contribution in [1.29, 1.82) is 10.5 Å². The summed E-state index contributed by atoms with van der Waals surface area (Å²) in [6.45, 7) is 6.79. The molecule has 3 heterocycles. The molecule has 24 heavy (non-hydrogen) atoms. The minimum atomic E-state index is -1.05. The molecule has 3 aliphatic rings. The van der Waals surface area contributed by atoms with Crippen LogP contribution >= 0.6 is 10.7 Å². The summed E-state index contributed by atoms with van der Waals surface area (Å²) in [5, 5.41) is 25.1. The van der Waals surface area contributed by atoms with Crippen molar-refractivity contribution >= 4 is 15.7 Å². The molecule has 1 fully saturated rings. The van der Waals surface area contributed by atoms with Crippen molar-refractivity contribution in [3.63, 3.8) is 0 Å². The van der Waals surface area contributed by atoms with Gasteiger partial charge in [0.2, 0.25) is 46.3 Å². The van der Waals surface area contributed by atoms with Crippen LogP contribution in [0.15, 0.2) is 22.4 Å². The maximum absolute atomic E-state index is 8.91. The second-order valence-corrected chi connectivity index (χ2v) is 7.11. The first-order valence-electron chi connectivity index (χ1n) is 6.56. The molecule has 3 rings (SSSR count). The lowest BCUT2D eigenvalue weighted by atomic mass is 10.3. The summed E-state index contributed by atoms with van der Waals surface area (Å²) in [5.41, 5.74) is 0. The lowest BCUT2D eigenvalue weighted by Crippen LogP contribution is -2.22. The van der Waals surface area contributed by atoms with Crippen LogP contribution in [0.5, 0.6) is 0 Å². The van der Waals surface area contributed by atoms with E-state index < -0.39 is 22.2 Å². The van der Waals surface area contributed by atoms with Gasteiger partial charge in [0.15, 0.2) is 5.05 Å². The standard InChI is InChI=1S/C13H14N4O5S.H3N/c1-12(2)18-8-7(22-17(5-14)6-15)9-11(21-13(3,4)19-9)23(16)10(8)20-12;/h16H2,1-4H3;1H3. The zero-order valence-corrected chi connectivity index (χ0v) is 14.4. The number of nitriles is 2. The number of nitrogens with two attached hydrogens (primary N) is 1. The molecule has 0 radical (unpaired) electrons. The van der Waals surface area contributed by atoms with E-state index in [9.17, 15) is 0 Å². The van der Waals surface area contributed by atoms with Crippen LogP contribution in [-0.4, -0.2) is 21.7 Å². The quantitative estimate of drug-likeness (QED) is 0.322. The van der Waals surface area contributed by atoms with Gasteiger partial charge in [0.1, 0.15) is 0 Å². The first kappa shape index (κ1) is 17.9. The molecule has 0 aromatic heterocycles. The Labute approximate surface area is 141 Å². The van der Waals surface area contributed by atoms with Crippen molar-refractivity contribution in [3.8, 4) is 12.4 Å². The number of nitrogens with zero attached hydrogens (tertiary/aromatic N) is 3. The minimum Gasteiger partial charge on any atom is -0.455 e. The molecule has 1 atom stereocenters. The fourth-order valence-corrected chi connectivity index (χ4v) is 3.57. The summed E-state index contributed by atoms with van der Waals surface area (Å²) in [7, 11) is -1.05. The van der Waals surface area contributed by atoms with Gasteiger partial charge in [-0.3, -0.25) is 9.88 Å². The molecule has 11 heteroatoms. The van der Waals surface area contributed by atoms with Gasteiger partial charge in [-0.15, -0.1) is 0 Å². The number of hydrogen-bond donors (Lipinski definition) is 2. The Balaban J connectivity index is 0.00000208. The van der Waals surface area contributed by atoms with Crippen LogP contribution in [0.3, 0.4) is 0 Å². The minimum absolute atomic E-state index is 0. The first-order valence-corrected chi connectivity index (χ1v) is 7.85. The smallest absolute Gasteiger partial charge is 0.249 e. The second-order valence-electron chi connectivity index (χ2n) is 5.69. The summed E-state index contributed by atoms with van der Waals surface area (Å²) < 4.78 is 22.8. The van der Waals surface area contributed by atoms with Gasteiger partial charge in [-0.25, -0.2) is 0 Å². The van der Waals surface area contributed by atoms with E-state index in [1.165, 1.54) is 0 Å². The van der Waals surface area contributed by atoms with E-state index in [4.69, 9.17) is 39.4 Å². The van der Waals surface area contributed by atoms with E-state index in [1.807, 2.05) is 0 Å². The zero-order chi connectivity index (χ0) is 17.0. The third-order valence-electron chi connectivity index (χ3n) is 2.92. The Morgan fingerprint density at radius 1 is 1.00 bits per heavy atom. The topological polar surface area (TPSA) is 158 Å². The summed E-state index contributed by atoms with van der Waals surface area (Å²) >= 11 is 0. The van der Waals surface area contributed by atoms with Crippen LogP contribution < -0.4 is 11.3 Å². The molecule has 0 spiro atoms. The van der Waals surface area contributed by atoms with Crippen LogP contribution in [0.2, 0.25) is 0 Å². The van der Waals surface area contributed by atoms with Crippen LogP contribution in [0.25, 0.3) is 0 Å². The molecule has 0 saturated carbocycles. The highest BCUT2D eigenvalue weighted by Gasteiger charge is 2.49. The number of fused-ring (bicyclic) bond motifs is 1. The maximum atomic E-state index is 8.91. The summed E-state index contributed by atoms with van der Waals surface area (Å²) in [6.07, 6.45) is 3.15. The Hall–Kier alpha value is -2.44. The van der Waals surface area contributed by atoms with Crippen molar-refractivity contribution < 1.29 is 23.8 Å². The number of hydrogen-bond acceptors (Lipinski definition) is 10. The predicted octanol–water partition coefficient (Wildman–Crippen LogP) is 1.58. The van der Waals surface area contributed by atoms with Crippen LogP contribution in [0.1, 0.15) is 27.7 Å². The SMILES string of the molecule is CC1(C)OC2=C(O1)S(N)=C1OC(C)(C)OC1=C2ON(C#N)C#N.N. The number of rotatable bonds is 2. The fourth-order valence-electron chi connectivity index (χ4n) is 2.15. The third kappa shape index (κ3) is 2.74. The molecule has 0 aliphatic carbocycles. The van der Waals surface area contributed by atoms with E-state index >= 15 is 0 Å². The largest absolute Gasteiger partial charge is 0.455 e. The number of ether oxygens (including phenoxy) is 4. The highest BCUT2D eigenvalue weighted by atomic mass is 32.2. The highest BCUT2D eigenvalue weighted by molar-refractivity contribution is 8.17. The molecular weight excluding hydrogens is 338 g/mol. The molecule has 130 valence electrons. The summed E-state index contributed by atoms with van der Waals surface area (Å²) in [6, 6.07) is 0. The highest BCUT2D eigenvalue weighted by Crippen LogP contribution is 2.49.